The van der Waals surface area contributed by atoms with Crippen LogP contribution < -0.4 is 10.1 Å². The monoisotopic (exact) mass is 407 g/mol. The number of nitrogens with one attached hydrogen (secondary N) is 1. The molecule has 1 unspecified atom stereocenters. The summed E-state index contributed by atoms with van der Waals surface area (Å²) in [5.74, 6) is 1.01. The van der Waals surface area contributed by atoms with Gasteiger partial charge in [-0.3, -0.25) is 9.69 Å². The number of nitrogens with zero attached hydrogens (tertiary/aromatic N) is 2. The van der Waals surface area contributed by atoms with E-state index in [1.807, 2.05) is 54.0 Å². The number of para-hydroxylation sites is 1. The van der Waals surface area contributed by atoms with Gasteiger partial charge in [0.25, 0.3) is 0 Å². The van der Waals surface area contributed by atoms with Crippen LogP contribution in [0.1, 0.15) is 23.8 Å². The smallest absolute Gasteiger partial charge is 0.221 e. The zero-order chi connectivity index (χ0) is 20.1. The van der Waals surface area contributed by atoms with E-state index in [0.29, 0.717) is 19.5 Å². The van der Waals surface area contributed by atoms with Crippen molar-refractivity contribution in [3.05, 3.63) is 70.5 Å². The van der Waals surface area contributed by atoms with Crippen LogP contribution in [-0.4, -0.2) is 35.0 Å². The molecular weight excluding hydrogens is 382 g/mol. The van der Waals surface area contributed by atoms with Crippen molar-refractivity contribution in [2.24, 2.45) is 0 Å². The van der Waals surface area contributed by atoms with Crippen molar-refractivity contribution < 1.29 is 9.53 Å². The minimum atomic E-state index is 0.0588. The van der Waals surface area contributed by atoms with E-state index < -0.39 is 0 Å². The summed E-state index contributed by atoms with van der Waals surface area (Å²) in [6.45, 7) is 4.91. The highest BCUT2D eigenvalue weighted by molar-refractivity contribution is 7.10. The van der Waals surface area contributed by atoms with Gasteiger partial charge < -0.3 is 10.1 Å². The molecule has 0 aliphatic carbocycles. The first-order valence-corrected chi connectivity index (χ1v) is 10.8. The number of aromatic nitrogens is 1. The lowest BCUT2D eigenvalue weighted by Crippen LogP contribution is -2.34. The molecule has 1 N–H and O–H groups in total. The number of ether oxygens (including phenoxy) is 1. The van der Waals surface area contributed by atoms with Gasteiger partial charge in [-0.1, -0.05) is 48.5 Å². The standard InChI is InChI=1S/C23H25N3O2S/c1-17-14-26(15-19-9-5-6-10-20(19)28-17)12-11-22(27)24-13-21-23(25-16-29-21)18-7-3-2-4-8-18/h2-10,16-17H,11-15H2,1H3,(H,24,27). The Morgan fingerprint density at radius 2 is 2.00 bits per heavy atom. The van der Waals surface area contributed by atoms with Gasteiger partial charge in [0.1, 0.15) is 11.9 Å². The molecule has 6 heteroatoms. The molecule has 0 fully saturated rings. The van der Waals surface area contributed by atoms with Crippen LogP contribution in [0.15, 0.2) is 60.1 Å². The second-order valence-corrected chi connectivity index (χ2v) is 8.23. The van der Waals surface area contributed by atoms with Crippen molar-refractivity contribution in [2.75, 3.05) is 13.1 Å². The number of benzene rings is 2. The quantitative estimate of drug-likeness (QED) is 0.668. The first-order chi connectivity index (χ1) is 14.2. The lowest BCUT2D eigenvalue weighted by molar-refractivity contribution is -0.121. The Bertz CT molecular complexity index is 958. The van der Waals surface area contributed by atoms with E-state index >= 15 is 0 Å². The highest BCUT2D eigenvalue weighted by Gasteiger charge is 2.20. The Morgan fingerprint density at radius 3 is 2.86 bits per heavy atom. The third-order valence-corrected chi connectivity index (χ3v) is 5.83. The number of carbonyl (C=O) groups is 1. The summed E-state index contributed by atoms with van der Waals surface area (Å²) in [5, 5.41) is 3.05. The summed E-state index contributed by atoms with van der Waals surface area (Å²) < 4.78 is 6.00. The number of hydrogen-bond donors (Lipinski definition) is 1. The Morgan fingerprint density at radius 1 is 1.21 bits per heavy atom. The number of hydrogen-bond acceptors (Lipinski definition) is 5. The summed E-state index contributed by atoms with van der Waals surface area (Å²) >= 11 is 1.58. The molecule has 0 saturated carbocycles. The van der Waals surface area contributed by atoms with Crippen LogP contribution in [0.2, 0.25) is 0 Å². The zero-order valence-corrected chi connectivity index (χ0v) is 17.3. The van der Waals surface area contributed by atoms with Crippen molar-refractivity contribution in [1.82, 2.24) is 15.2 Å². The summed E-state index contributed by atoms with van der Waals surface area (Å²) in [4.78, 5) is 20.3. The average molecular weight is 408 g/mol. The molecule has 1 amide bonds. The van der Waals surface area contributed by atoms with Gasteiger partial charge in [-0.05, 0) is 13.0 Å². The summed E-state index contributed by atoms with van der Waals surface area (Å²) in [7, 11) is 0. The van der Waals surface area contributed by atoms with Crippen LogP contribution in [-0.2, 0) is 17.9 Å². The first kappa shape index (κ1) is 19.6. The Hall–Kier alpha value is -2.70. The van der Waals surface area contributed by atoms with E-state index in [1.165, 1.54) is 5.56 Å². The topological polar surface area (TPSA) is 54.5 Å². The van der Waals surface area contributed by atoms with Gasteiger partial charge in [-0.2, -0.15) is 0 Å². The van der Waals surface area contributed by atoms with Crippen molar-refractivity contribution in [3.63, 3.8) is 0 Å². The summed E-state index contributed by atoms with van der Waals surface area (Å²) in [6, 6.07) is 18.2. The minimum Gasteiger partial charge on any atom is -0.489 e. The van der Waals surface area contributed by atoms with Crippen LogP contribution in [0.5, 0.6) is 5.75 Å². The third kappa shape index (κ3) is 5.02. The molecule has 0 spiro atoms. The molecule has 0 bridgehead atoms. The lowest BCUT2D eigenvalue weighted by Gasteiger charge is -2.21. The molecule has 4 rings (SSSR count). The van der Waals surface area contributed by atoms with Crippen LogP contribution in [0.25, 0.3) is 11.3 Å². The van der Waals surface area contributed by atoms with E-state index in [4.69, 9.17) is 4.74 Å². The SMILES string of the molecule is CC1CN(CCC(=O)NCc2scnc2-c2ccccc2)Cc2ccccc2O1. The molecule has 3 aromatic rings. The van der Waals surface area contributed by atoms with E-state index in [-0.39, 0.29) is 12.0 Å². The maximum Gasteiger partial charge on any atom is 0.221 e. The maximum atomic E-state index is 12.5. The number of rotatable bonds is 6. The molecule has 29 heavy (non-hydrogen) atoms. The van der Waals surface area contributed by atoms with E-state index in [2.05, 4.69) is 28.2 Å². The highest BCUT2D eigenvalue weighted by atomic mass is 32.1. The van der Waals surface area contributed by atoms with E-state index in [0.717, 1.165) is 35.0 Å². The van der Waals surface area contributed by atoms with Gasteiger partial charge in [0.2, 0.25) is 5.91 Å². The number of thiazole rings is 1. The van der Waals surface area contributed by atoms with Crippen molar-refractivity contribution in [3.8, 4) is 17.0 Å². The number of carbonyl (C=O) groups excluding carboxylic acids is 1. The number of amides is 1. The van der Waals surface area contributed by atoms with Gasteiger partial charge in [0.15, 0.2) is 0 Å². The number of fused-ring (bicyclic) bond motifs is 1. The molecule has 1 aliphatic heterocycles. The average Bonchev–Trinajstić information content (AvgIpc) is 3.14. The van der Waals surface area contributed by atoms with Crippen LogP contribution in [0.3, 0.4) is 0 Å². The van der Waals surface area contributed by atoms with Gasteiger partial charge in [-0.25, -0.2) is 4.98 Å². The molecular formula is C23H25N3O2S. The van der Waals surface area contributed by atoms with Gasteiger partial charge >= 0.3 is 0 Å². The summed E-state index contributed by atoms with van der Waals surface area (Å²) in [6.07, 6.45) is 0.571. The Labute approximate surface area is 175 Å². The largest absolute Gasteiger partial charge is 0.489 e. The van der Waals surface area contributed by atoms with Gasteiger partial charge in [-0.15, -0.1) is 11.3 Å². The van der Waals surface area contributed by atoms with Crippen molar-refractivity contribution in [2.45, 2.75) is 32.5 Å². The molecule has 0 radical (unpaired) electrons. The predicted molar refractivity (Wildman–Crippen MR) is 116 cm³/mol. The highest BCUT2D eigenvalue weighted by Crippen LogP contribution is 2.26. The molecule has 2 heterocycles. The normalized spacial score (nSPS) is 16.5. The van der Waals surface area contributed by atoms with Crippen LogP contribution in [0, 0.1) is 0 Å². The zero-order valence-electron chi connectivity index (χ0n) is 16.5. The second-order valence-electron chi connectivity index (χ2n) is 7.29. The predicted octanol–water partition coefficient (Wildman–Crippen LogP) is 4.10. The molecule has 0 saturated heterocycles. The molecule has 2 aromatic carbocycles. The Kier molecular flexibility index (Phi) is 6.22. The molecule has 1 aromatic heterocycles. The van der Waals surface area contributed by atoms with Gasteiger partial charge in [0, 0.05) is 37.2 Å². The molecule has 1 atom stereocenters. The maximum absolute atomic E-state index is 12.5. The van der Waals surface area contributed by atoms with Gasteiger partial charge in [0.05, 0.1) is 22.6 Å². The van der Waals surface area contributed by atoms with Crippen molar-refractivity contribution in [1.29, 1.82) is 0 Å². The molecule has 5 nitrogen and oxygen atoms in total. The first-order valence-electron chi connectivity index (χ1n) is 9.90. The third-order valence-electron chi connectivity index (χ3n) is 5.00. The van der Waals surface area contributed by atoms with Crippen molar-refractivity contribution >= 4 is 17.2 Å². The van der Waals surface area contributed by atoms with Crippen LogP contribution in [0.4, 0.5) is 0 Å². The van der Waals surface area contributed by atoms with E-state index in [9.17, 15) is 4.79 Å². The summed E-state index contributed by atoms with van der Waals surface area (Å²) in [5.41, 5.74) is 5.04. The fourth-order valence-corrected chi connectivity index (χ4v) is 4.32. The fourth-order valence-electron chi connectivity index (χ4n) is 3.60. The lowest BCUT2D eigenvalue weighted by atomic mass is 10.1. The Balaban J connectivity index is 1.31. The fraction of sp³-hybridized carbons (Fsp3) is 0.304. The second kappa shape index (κ2) is 9.20. The molecule has 1 aliphatic rings. The minimum absolute atomic E-state index is 0.0588. The van der Waals surface area contributed by atoms with Crippen LogP contribution >= 0.6 is 11.3 Å². The van der Waals surface area contributed by atoms with E-state index in [1.54, 1.807) is 11.3 Å². The molecule has 150 valence electrons.